The van der Waals surface area contributed by atoms with Crippen LogP contribution in [0.5, 0.6) is 0 Å². The predicted octanol–water partition coefficient (Wildman–Crippen LogP) is 2.41. The van der Waals surface area contributed by atoms with Crippen molar-refractivity contribution in [1.29, 1.82) is 0 Å². The summed E-state index contributed by atoms with van der Waals surface area (Å²) in [7, 11) is 0. The van der Waals surface area contributed by atoms with Gasteiger partial charge in [-0.25, -0.2) is 0 Å². The lowest BCUT2D eigenvalue weighted by Gasteiger charge is -2.36. The van der Waals surface area contributed by atoms with Crippen molar-refractivity contribution in [2.24, 2.45) is 0 Å². The fourth-order valence-electron chi connectivity index (χ4n) is 4.22. The Bertz CT molecular complexity index is 904. The number of hydrogen-bond acceptors (Lipinski definition) is 5. The zero-order chi connectivity index (χ0) is 20.6. The Morgan fingerprint density at radius 2 is 1.69 bits per heavy atom. The van der Waals surface area contributed by atoms with Crippen LogP contribution in [0.1, 0.15) is 35.3 Å². The second-order valence-corrected chi connectivity index (χ2v) is 8.40. The minimum Gasteiger partial charge on any atom is -0.360 e. The number of hydrogen-bond donors (Lipinski definition) is 1. The Balaban J connectivity index is 1.32. The summed E-state index contributed by atoms with van der Waals surface area (Å²) in [5, 5.41) is 6.53. The molecule has 2 amide bonds. The zero-order valence-electron chi connectivity index (χ0n) is 17.3. The zero-order valence-corrected chi connectivity index (χ0v) is 17.3. The fraction of sp³-hybridized carbons (Fsp3) is 0.500. The summed E-state index contributed by atoms with van der Waals surface area (Å²) in [6, 6.07) is 8.15. The van der Waals surface area contributed by atoms with E-state index in [4.69, 9.17) is 4.52 Å². The van der Waals surface area contributed by atoms with Crippen molar-refractivity contribution >= 4 is 17.6 Å². The molecule has 2 fully saturated rings. The quantitative estimate of drug-likeness (QED) is 0.840. The number of carbonyl (C=O) groups is 2. The molecule has 2 aromatic rings. The van der Waals surface area contributed by atoms with E-state index >= 15 is 0 Å². The van der Waals surface area contributed by atoms with Crippen LogP contribution in [-0.2, 0) is 15.0 Å². The van der Waals surface area contributed by atoms with Gasteiger partial charge in [-0.2, -0.15) is 0 Å². The highest BCUT2D eigenvalue weighted by atomic mass is 16.5. The van der Waals surface area contributed by atoms with E-state index in [1.165, 1.54) is 11.1 Å². The second-order valence-electron chi connectivity index (χ2n) is 8.40. The first kappa shape index (κ1) is 19.6. The van der Waals surface area contributed by atoms with Gasteiger partial charge in [0.2, 0.25) is 11.8 Å². The molecule has 7 heteroatoms. The van der Waals surface area contributed by atoms with Crippen molar-refractivity contribution in [3.8, 4) is 0 Å². The average molecular weight is 396 g/mol. The Kier molecular flexibility index (Phi) is 5.17. The van der Waals surface area contributed by atoms with Crippen molar-refractivity contribution in [3.63, 3.8) is 0 Å². The van der Waals surface area contributed by atoms with Crippen molar-refractivity contribution < 1.29 is 14.1 Å². The Labute approximate surface area is 171 Å². The summed E-state index contributed by atoms with van der Waals surface area (Å²) in [6.07, 6.45) is 1.85. The van der Waals surface area contributed by atoms with Crippen LogP contribution in [0, 0.1) is 20.8 Å². The lowest BCUT2D eigenvalue weighted by molar-refractivity contribution is -0.135. The molecule has 1 saturated carbocycles. The summed E-state index contributed by atoms with van der Waals surface area (Å²) in [5.41, 5.74) is 3.24. The first-order valence-electron chi connectivity index (χ1n) is 10.2. The summed E-state index contributed by atoms with van der Waals surface area (Å²) in [6.45, 7) is 8.94. The summed E-state index contributed by atoms with van der Waals surface area (Å²) >= 11 is 0. The predicted molar refractivity (Wildman–Crippen MR) is 110 cm³/mol. The maximum absolute atomic E-state index is 13.3. The van der Waals surface area contributed by atoms with Crippen molar-refractivity contribution in [3.05, 3.63) is 46.7 Å². The van der Waals surface area contributed by atoms with Gasteiger partial charge in [0, 0.05) is 32.2 Å². The van der Waals surface area contributed by atoms with E-state index in [2.05, 4.69) is 47.4 Å². The van der Waals surface area contributed by atoms with E-state index in [9.17, 15) is 9.59 Å². The number of nitrogens with zero attached hydrogens (tertiary/aromatic N) is 3. The van der Waals surface area contributed by atoms with Crippen LogP contribution in [0.15, 0.2) is 28.8 Å². The summed E-state index contributed by atoms with van der Waals surface area (Å²) < 4.78 is 4.96. The number of aromatic nitrogens is 1. The van der Waals surface area contributed by atoms with Crippen molar-refractivity contribution in [2.45, 2.75) is 39.0 Å². The maximum atomic E-state index is 13.3. The molecular weight excluding hydrogens is 368 g/mol. The van der Waals surface area contributed by atoms with Crippen LogP contribution in [0.25, 0.3) is 0 Å². The Morgan fingerprint density at radius 3 is 2.24 bits per heavy atom. The average Bonchev–Trinajstić information content (AvgIpc) is 3.38. The van der Waals surface area contributed by atoms with Gasteiger partial charge in [-0.15, -0.1) is 0 Å². The van der Waals surface area contributed by atoms with Crippen LogP contribution < -0.4 is 5.32 Å². The number of rotatable bonds is 5. The molecule has 0 atom stereocenters. The maximum Gasteiger partial charge on any atom is 0.239 e. The molecule has 7 nitrogen and oxygen atoms in total. The second kappa shape index (κ2) is 7.63. The first-order valence-corrected chi connectivity index (χ1v) is 10.2. The molecule has 1 aliphatic carbocycles. The number of amides is 2. The molecular formula is C22H28N4O3. The molecule has 2 aliphatic rings. The Morgan fingerprint density at radius 1 is 1.03 bits per heavy atom. The topological polar surface area (TPSA) is 78.7 Å². The lowest BCUT2D eigenvalue weighted by atomic mass is 9.91. The standard InChI is InChI=1S/C22H28N4O3/c1-15-10-16(2)12-18(11-15)22(4-5-22)21(28)26-8-6-25(7-9-26)14-20(27)23-19-13-17(3)29-24-19/h10-13H,4-9,14H2,1-3H3,(H,23,24,27). The first-order chi connectivity index (χ1) is 13.9. The highest BCUT2D eigenvalue weighted by molar-refractivity contribution is 5.92. The number of piperazine rings is 1. The number of anilines is 1. The molecule has 4 rings (SSSR count). The molecule has 0 radical (unpaired) electrons. The van der Waals surface area contributed by atoms with Gasteiger partial charge < -0.3 is 14.7 Å². The van der Waals surface area contributed by atoms with Crippen molar-refractivity contribution in [1.82, 2.24) is 15.0 Å². The van der Waals surface area contributed by atoms with Crippen LogP contribution in [0.2, 0.25) is 0 Å². The molecule has 154 valence electrons. The van der Waals surface area contributed by atoms with Gasteiger partial charge in [-0.05, 0) is 39.2 Å². The van der Waals surface area contributed by atoms with Crippen LogP contribution in [-0.4, -0.2) is 59.5 Å². The van der Waals surface area contributed by atoms with E-state index in [1.807, 2.05) is 4.90 Å². The van der Waals surface area contributed by atoms with Gasteiger partial charge in [-0.3, -0.25) is 14.5 Å². The molecule has 1 aromatic carbocycles. The minimum atomic E-state index is -0.332. The third-order valence-corrected chi connectivity index (χ3v) is 5.86. The lowest BCUT2D eigenvalue weighted by Crippen LogP contribution is -2.52. The molecule has 0 bridgehead atoms. The highest BCUT2D eigenvalue weighted by Crippen LogP contribution is 2.50. The van der Waals surface area contributed by atoms with Gasteiger partial charge in [0.15, 0.2) is 5.82 Å². The fourth-order valence-corrected chi connectivity index (χ4v) is 4.22. The monoisotopic (exact) mass is 396 g/mol. The number of benzene rings is 1. The van der Waals surface area contributed by atoms with Gasteiger partial charge in [0.1, 0.15) is 5.76 Å². The largest absolute Gasteiger partial charge is 0.360 e. The number of nitrogens with one attached hydrogen (secondary N) is 1. The molecule has 29 heavy (non-hydrogen) atoms. The van der Waals surface area contributed by atoms with Crippen LogP contribution in [0.3, 0.4) is 0 Å². The number of aryl methyl sites for hydroxylation is 3. The third kappa shape index (κ3) is 4.19. The normalized spacial score (nSPS) is 18.5. The van der Waals surface area contributed by atoms with E-state index in [0.717, 1.165) is 18.4 Å². The van der Waals surface area contributed by atoms with Crippen LogP contribution in [0.4, 0.5) is 5.82 Å². The third-order valence-electron chi connectivity index (χ3n) is 5.86. The van der Waals surface area contributed by atoms with Gasteiger partial charge in [-0.1, -0.05) is 34.5 Å². The molecule has 1 aromatic heterocycles. The van der Waals surface area contributed by atoms with Crippen molar-refractivity contribution in [2.75, 3.05) is 38.0 Å². The van der Waals surface area contributed by atoms with E-state index in [0.29, 0.717) is 37.8 Å². The van der Waals surface area contributed by atoms with Gasteiger partial charge in [0.25, 0.3) is 0 Å². The van der Waals surface area contributed by atoms with E-state index < -0.39 is 0 Å². The molecule has 0 unspecified atom stereocenters. The molecule has 1 saturated heterocycles. The molecule has 1 N–H and O–H groups in total. The highest BCUT2D eigenvalue weighted by Gasteiger charge is 2.53. The smallest absolute Gasteiger partial charge is 0.239 e. The van der Waals surface area contributed by atoms with Crippen LogP contribution >= 0.6 is 0 Å². The molecule has 0 spiro atoms. The number of carbonyl (C=O) groups excluding carboxylic acids is 2. The summed E-state index contributed by atoms with van der Waals surface area (Å²) in [4.78, 5) is 29.5. The SMILES string of the molecule is Cc1cc(C)cc(C2(C(=O)N3CCN(CC(=O)Nc4cc(C)on4)CC3)CC2)c1. The molecule has 1 aliphatic heterocycles. The molecule has 2 heterocycles. The van der Waals surface area contributed by atoms with E-state index in [1.54, 1.807) is 13.0 Å². The Hall–Kier alpha value is -2.67. The minimum absolute atomic E-state index is 0.119. The van der Waals surface area contributed by atoms with Gasteiger partial charge in [0.05, 0.1) is 12.0 Å². The van der Waals surface area contributed by atoms with E-state index in [-0.39, 0.29) is 23.8 Å². The summed E-state index contributed by atoms with van der Waals surface area (Å²) in [5.74, 6) is 1.22. The van der Waals surface area contributed by atoms with Gasteiger partial charge >= 0.3 is 0 Å².